The number of allylic oxidation sites excluding steroid dienone is 1. The Labute approximate surface area is 156 Å². The van der Waals surface area contributed by atoms with Gasteiger partial charge in [-0.2, -0.15) is 13.2 Å². The van der Waals surface area contributed by atoms with Gasteiger partial charge in [-0.15, -0.1) is 0 Å². The highest BCUT2D eigenvalue weighted by Gasteiger charge is 2.69. The lowest BCUT2D eigenvalue weighted by Crippen LogP contribution is -2.66. The summed E-state index contributed by atoms with van der Waals surface area (Å²) >= 11 is 0. The predicted octanol–water partition coefficient (Wildman–Crippen LogP) is 2.48. The van der Waals surface area contributed by atoms with E-state index < -0.39 is 41.0 Å². The number of ether oxygens (including phenoxy) is 1. The maximum Gasteiger partial charge on any atom is 0.425 e. The zero-order valence-corrected chi connectivity index (χ0v) is 15.7. The molecular formula is C18H25F3N2O4. The minimum absolute atomic E-state index is 0.0793. The molecule has 0 aromatic rings. The molecule has 6 nitrogen and oxygen atoms in total. The maximum absolute atomic E-state index is 14.1. The van der Waals surface area contributed by atoms with E-state index in [1.807, 2.05) is 5.32 Å². The van der Waals surface area contributed by atoms with Crippen molar-refractivity contribution in [1.82, 2.24) is 10.2 Å². The number of amides is 2. The number of alkyl halides is 3. The number of nitrogens with one attached hydrogen (secondary N) is 1. The van der Waals surface area contributed by atoms with Crippen molar-refractivity contribution in [3.63, 3.8) is 0 Å². The zero-order valence-electron chi connectivity index (χ0n) is 15.7. The van der Waals surface area contributed by atoms with Crippen molar-refractivity contribution in [3.05, 3.63) is 11.3 Å². The molecule has 152 valence electrons. The Bertz CT molecular complexity index is 653. The van der Waals surface area contributed by atoms with Crippen LogP contribution in [0, 0.1) is 0 Å². The summed E-state index contributed by atoms with van der Waals surface area (Å²) in [5, 5.41) is 1.86. The molecule has 9 heteroatoms. The van der Waals surface area contributed by atoms with Gasteiger partial charge in [-0.1, -0.05) is 13.3 Å². The fraction of sp³-hybridized carbons (Fsp3) is 0.722. The summed E-state index contributed by atoms with van der Waals surface area (Å²) in [6.45, 7) is 4.47. The van der Waals surface area contributed by atoms with E-state index in [4.69, 9.17) is 4.74 Å². The van der Waals surface area contributed by atoms with Gasteiger partial charge >= 0.3 is 6.18 Å². The summed E-state index contributed by atoms with van der Waals surface area (Å²) < 4.78 is 47.8. The van der Waals surface area contributed by atoms with Gasteiger partial charge in [0.15, 0.2) is 5.78 Å². The fourth-order valence-electron chi connectivity index (χ4n) is 3.66. The molecule has 2 atom stereocenters. The SMILES string of the molecule is CCCCC(=O)N[C@@]1(C(F)(F)F)C(=O)N(C[C@H]2CCCO2)C(C)=C1C(C)=O. The monoisotopic (exact) mass is 390 g/mol. The Balaban J connectivity index is 2.47. The number of rotatable bonds is 7. The summed E-state index contributed by atoms with van der Waals surface area (Å²) in [5.74, 6) is -3.16. The van der Waals surface area contributed by atoms with Crippen LogP contribution in [-0.2, 0) is 19.1 Å². The molecule has 0 aliphatic carbocycles. The molecule has 1 saturated heterocycles. The van der Waals surface area contributed by atoms with Gasteiger partial charge in [0.2, 0.25) is 11.4 Å². The van der Waals surface area contributed by atoms with Crippen LogP contribution in [-0.4, -0.2) is 53.5 Å². The molecule has 0 radical (unpaired) electrons. The van der Waals surface area contributed by atoms with Crippen molar-refractivity contribution in [3.8, 4) is 0 Å². The minimum Gasteiger partial charge on any atom is -0.376 e. The van der Waals surface area contributed by atoms with Gasteiger partial charge in [0, 0.05) is 18.7 Å². The molecule has 2 heterocycles. The minimum atomic E-state index is -5.15. The largest absolute Gasteiger partial charge is 0.425 e. The van der Waals surface area contributed by atoms with E-state index in [-0.39, 0.29) is 18.7 Å². The standard InChI is InChI=1S/C18H25F3N2O4/c1-4-5-8-14(25)22-17(18(19,20)21)15(12(3)24)11(2)23(16(17)26)10-13-7-6-9-27-13/h13H,4-10H2,1-3H3,(H,22,25)/t13-,17-/m1/s1. The molecule has 2 aliphatic rings. The van der Waals surface area contributed by atoms with E-state index in [1.165, 1.54) is 6.92 Å². The lowest BCUT2D eigenvalue weighted by Gasteiger charge is -2.33. The van der Waals surface area contributed by atoms with Crippen molar-refractivity contribution >= 4 is 17.6 Å². The number of carbonyl (C=O) groups is 3. The number of carbonyl (C=O) groups excluding carboxylic acids is 3. The molecule has 0 spiro atoms. The van der Waals surface area contributed by atoms with Gasteiger partial charge in [0.25, 0.3) is 5.91 Å². The van der Waals surface area contributed by atoms with Gasteiger partial charge in [-0.3, -0.25) is 14.4 Å². The van der Waals surface area contributed by atoms with Crippen molar-refractivity contribution in [2.45, 2.75) is 70.7 Å². The lowest BCUT2D eigenvalue weighted by molar-refractivity contribution is -0.194. The van der Waals surface area contributed by atoms with Gasteiger partial charge in [0.05, 0.1) is 18.2 Å². The molecule has 27 heavy (non-hydrogen) atoms. The van der Waals surface area contributed by atoms with E-state index in [2.05, 4.69) is 0 Å². The summed E-state index contributed by atoms with van der Waals surface area (Å²) in [7, 11) is 0. The molecule has 1 N–H and O–H groups in total. The molecule has 0 bridgehead atoms. The molecule has 2 amide bonds. The predicted molar refractivity (Wildman–Crippen MR) is 90.5 cm³/mol. The quantitative estimate of drug-likeness (QED) is 0.725. The van der Waals surface area contributed by atoms with Gasteiger partial charge < -0.3 is 15.0 Å². The van der Waals surface area contributed by atoms with E-state index in [9.17, 15) is 27.6 Å². The Morgan fingerprint density at radius 3 is 2.52 bits per heavy atom. The van der Waals surface area contributed by atoms with Crippen LogP contribution in [0.5, 0.6) is 0 Å². The first-order valence-electron chi connectivity index (χ1n) is 9.09. The van der Waals surface area contributed by atoms with Crippen molar-refractivity contribution in [2.24, 2.45) is 0 Å². The summed E-state index contributed by atoms with van der Waals surface area (Å²) in [4.78, 5) is 38.1. The van der Waals surface area contributed by atoms with Crippen molar-refractivity contribution in [2.75, 3.05) is 13.2 Å². The molecule has 1 fully saturated rings. The number of ketones is 1. The van der Waals surface area contributed by atoms with E-state index >= 15 is 0 Å². The van der Waals surface area contributed by atoms with E-state index in [0.717, 1.165) is 18.2 Å². The van der Waals surface area contributed by atoms with Gasteiger partial charge in [-0.05, 0) is 33.1 Å². The Hall–Kier alpha value is -1.90. The number of unbranched alkanes of at least 4 members (excludes halogenated alkanes) is 1. The second kappa shape index (κ2) is 8.00. The Morgan fingerprint density at radius 1 is 1.37 bits per heavy atom. The molecule has 0 aromatic carbocycles. The highest BCUT2D eigenvalue weighted by Crippen LogP contribution is 2.45. The van der Waals surface area contributed by atoms with E-state index in [0.29, 0.717) is 25.9 Å². The van der Waals surface area contributed by atoms with Crippen LogP contribution in [0.2, 0.25) is 0 Å². The summed E-state index contributed by atoms with van der Waals surface area (Å²) in [6.07, 6.45) is -3.33. The van der Waals surface area contributed by atoms with Crippen molar-refractivity contribution < 1.29 is 32.3 Å². The third-order valence-corrected chi connectivity index (χ3v) is 4.98. The lowest BCUT2D eigenvalue weighted by atomic mass is 9.86. The topological polar surface area (TPSA) is 75.7 Å². The van der Waals surface area contributed by atoms with Crippen LogP contribution in [0.4, 0.5) is 13.2 Å². The van der Waals surface area contributed by atoms with E-state index in [1.54, 1.807) is 6.92 Å². The number of hydrogen-bond acceptors (Lipinski definition) is 4. The third kappa shape index (κ3) is 3.88. The van der Waals surface area contributed by atoms with Crippen LogP contribution < -0.4 is 5.32 Å². The average Bonchev–Trinajstić information content (AvgIpc) is 3.14. The highest BCUT2D eigenvalue weighted by molar-refractivity contribution is 6.12. The molecule has 0 aromatic heterocycles. The Morgan fingerprint density at radius 2 is 2.04 bits per heavy atom. The summed E-state index contributed by atoms with van der Waals surface area (Å²) in [6, 6.07) is 0. The number of nitrogens with zero attached hydrogens (tertiary/aromatic N) is 1. The second-order valence-electron chi connectivity index (χ2n) is 6.97. The number of Topliss-reactive ketones (excluding diaryl/α,β-unsaturated/α-hetero) is 1. The number of halogens is 3. The molecule has 0 unspecified atom stereocenters. The van der Waals surface area contributed by atoms with Crippen LogP contribution >= 0.6 is 0 Å². The first kappa shape index (κ1) is 21.4. The smallest absolute Gasteiger partial charge is 0.376 e. The van der Waals surface area contributed by atoms with Crippen LogP contribution in [0.3, 0.4) is 0 Å². The van der Waals surface area contributed by atoms with Gasteiger partial charge in [-0.25, -0.2) is 0 Å². The molecular weight excluding hydrogens is 365 g/mol. The molecule has 2 aliphatic heterocycles. The third-order valence-electron chi connectivity index (χ3n) is 4.98. The highest BCUT2D eigenvalue weighted by atomic mass is 19.4. The summed E-state index contributed by atoms with van der Waals surface area (Å²) in [5.41, 5.74) is -4.15. The average molecular weight is 390 g/mol. The number of hydrogen-bond donors (Lipinski definition) is 1. The zero-order chi connectivity index (χ0) is 20.4. The second-order valence-corrected chi connectivity index (χ2v) is 6.97. The van der Waals surface area contributed by atoms with Crippen LogP contribution in [0.25, 0.3) is 0 Å². The van der Waals surface area contributed by atoms with Crippen LogP contribution in [0.15, 0.2) is 11.3 Å². The first-order valence-corrected chi connectivity index (χ1v) is 9.09. The Kier molecular flexibility index (Phi) is 6.34. The molecule has 2 rings (SSSR count). The molecule has 0 saturated carbocycles. The normalized spacial score (nSPS) is 26.1. The van der Waals surface area contributed by atoms with Crippen LogP contribution in [0.1, 0.15) is 52.9 Å². The maximum atomic E-state index is 14.1. The first-order chi connectivity index (χ1) is 12.6. The fourth-order valence-corrected chi connectivity index (χ4v) is 3.66. The van der Waals surface area contributed by atoms with Gasteiger partial charge in [0.1, 0.15) is 0 Å². The van der Waals surface area contributed by atoms with Crippen molar-refractivity contribution in [1.29, 1.82) is 0 Å².